The van der Waals surface area contributed by atoms with E-state index in [1.165, 1.54) is 9.87 Å². The highest BCUT2D eigenvalue weighted by Gasteiger charge is 2.36. The fourth-order valence-corrected chi connectivity index (χ4v) is 4.31. The molecule has 0 spiro atoms. The molecule has 7 heteroatoms. The lowest BCUT2D eigenvalue weighted by Crippen LogP contribution is -2.51. The van der Waals surface area contributed by atoms with E-state index in [-0.39, 0.29) is 24.2 Å². The monoisotopic (exact) mass is 402 g/mol. The average molecular weight is 403 g/mol. The van der Waals surface area contributed by atoms with Crippen LogP contribution in [0.2, 0.25) is 0 Å². The van der Waals surface area contributed by atoms with Gasteiger partial charge in [0, 0.05) is 0 Å². The second kappa shape index (κ2) is 8.22. The molecular weight excluding hydrogens is 376 g/mol. The van der Waals surface area contributed by atoms with Crippen LogP contribution in [0.3, 0.4) is 0 Å². The van der Waals surface area contributed by atoms with Crippen LogP contribution in [0.15, 0.2) is 48.5 Å². The van der Waals surface area contributed by atoms with Crippen molar-refractivity contribution in [1.29, 1.82) is 0 Å². The Kier molecular flexibility index (Phi) is 5.93. The van der Waals surface area contributed by atoms with Crippen molar-refractivity contribution in [2.45, 2.75) is 39.3 Å². The van der Waals surface area contributed by atoms with Gasteiger partial charge in [-0.15, -0.1) is 0 Å². The van der Waals surface area contributed by atoms with Crippen LogP contribution in [0.25, 0.3) is 0 Å². The summed E-state index contributed by atoms with van der Waals surface area (Å²) in [7, 11) is -3.52. The molecule has 0 bridgehead atoms. The number of nitrogens with one attached hydrogen (secondary N) is 1. The van der Waals surface area contributed by atoms with Gasteiger partial charge in [-0.2, -0.15) is 0 Å². The number of hydrogen-bond donors (Lipinski definition) is 1. The maximum Gasteiger partial charge on any atom is 0.263 e. The number of benzene rings is 2. The minimum atomic E-state index is -3.52. The molecule has 0 radical (unpaired) electrons. The van der Waals surface area contributed by atoms with Crippen LogP contribution in [0, 0.1) is 0 Å². The lowest BCUT2D eigenvalue weighted by Gasteiger charge is -2.35. The van der Waals surface area contributed by atoms with Crippen LogP contribution < -0.4 is 14.4 Å². The van der Waals surface area contributed by atoms with Gasteiger partial charge in [-0.05, 0) is 43.5 Å². The fourth-order valence-electron chi connectivity index (χ4n) is 3.19. The molecule has 28 heavy (non-hydrogen) atoms. The molecule has 2 aromatic rings. The van der Waals surface area contributed by atoms with E-state index in [1.807, 2.05) is 31.2 Å². The molecule has 0 fully saturated rings. The summed E-state index contributed by atoms with van der Waals surface area (Å²) in [5.74, 6) is 0.0132. The Labute approximate surface area is 166 Å². The summed E-state index contributed by atoms with van der Waals surface area (Å²) in [4.78, 5) is 12.8. The minimum Gasteiger partial charge on any atom is -0.476 e. The zero-order chi connectivity index (χ0) is 20.3. The summed E-state index contributed by atoms with van der Waals surface area (Å²) >= 11 is 0. The SMILES string of the molecule is CCc1ccc([C@@H](C)NC(=O)[C@H]2CN(S(=O)(=O)CC)c3ccccc3O2)cc1. The van der Waals surface area contributed by atoms with E-state index in [0.29, 0.717) is 11.4 Å². The lowest BCUT2D eigenvalue weighted by atomic mass is 10.0. The largest absolute Gasteiger partial charge is 0.476 e. The second-order valence-electron chi connectivity index (χ2n) is 6.83. The van der Waals surface area contributed by atoms with E-state index in [1.54, 1.807) is 31.2 Å². The quantitative estimate of drug-likeness (QED) is 0.806. The van der Waals surface area contributed by atoms with Crippen LogP contribution in [-0.4, -0.2) is 32.7 Å². The van der Waals surface area contributed by atoms with Crippen molar-refractivity contribution in [1.82, 2.24) is 5.32 Å². The number of carbonyl (C=O) groups is 1. The number of rotatable bonds is 6. The smallest absolute Gasteiger partial charge is 0.263 e. The molecule has 3 rings (SSSR count). The molecule has 0 saturated carbocycles. The highest BCUT2D eigenvalue weighted by Crippen LogP contribution is 2.35. The summed E-state index contributed by atoms with van der Waals surface area (Å²) in [6.07, 6.45) is 0.0477. The zero-order valence-corrected chi connectivity index (χ0v) is 17.2. The van der Waals surface area contributed by atoms with Crippen LogP contribution in [0.1, 0.15) is 37.9 Å². The van der Waals surface area contributed by atoms with Crippen molar-refractivity contribution in [3.8, 4) is 5.75 Å². The Morgan fingerprint density at radius 2 is 1.86 bits per heavy atom. The van der Waals surface area contributed by atoms with E-state index in [0.717, 1.165) is 12.0 Å². The van der Waals surface area contributed by atoms with E-state index in [9.17, 15) is 13.2 Å². The number of amides is 1. The Morgan fingerprint density at radius 1 is 1.18 bits per heavy atom. The minimum absolute atomic E-state index is 0.0412. The van der Waals surface area contributed by atoms with Gasteiger partial charge in [-0.3, -0.25) is 9.10 Å². The first-order valence-corrected chi connectivity index (χ1v) is 11.1. The van der Waals surface area contributed by atoms with Crippen LogP contribution in [0.5, 0.6) is 5.75 Å². The highest BCUT2D eigenvalue weighted by molar-refractivity contribution is 7.92. The summed E-state index contributed by atoms with van der Waals surface area (Å²) in [6, 6.07) is 14.7. The average Bonchev–Trinajstić information content (AvgIpc) is 2.72. The van der Waals surface area contributed by atoms with Crippen molar-refractivity contribution >= 4 is 21.6 Å². The van der Waals surface area contributed by atoms with Gasteiger partial charge in [0.1, 0.15) is 5.75 Å². The van der Waals surface area contributed by atoms with Gasteiger partial charge in [0.2, 0.25) is 10.0 Å². The molecule has 1 N–H and O–H groups in total. The first-order chi connectivity index (χ1) is 13.4. The predicted octanol–water partition coefficient (Wildman–Crippen LogP) is 3.04. The zero-order valence-electron chi connectivity index (χ0n) is 16.4. The standard InChI is InChI=1S/C21H26N2O4S/c1-4-16-10-12-17(13-11-16)15(3)22-21(24)20-14-23(28(25,26)5-2)18-8-6-7-9-19(18)27-20/h6-13,15,20H,4-5,14H2,1-3H3,(H,22,24)/t15-,20-/m1/s1. The maximum absolute atomic E-state index is 12.8. The Bertz CT molecular complexity index is 941. The molecule has 1 heterocycles. The first kappa shape index (κ1) is 20.2. The van der Waals surface area contributed by atoms with Gasteiger partial charge in [-0.1, -0.05) is 43.3 Å². The van der Waals surface area contributed by atoms with E-state index >= 15 is 0 Å². The van der Waals surface area contributed by atoms with Gasteiger partial charge < -0.3 is 10.1 Å². The van der Waals surface area contributed by atoms with Crippen LogP contribution in [-0.2, 0) is 21.2 Å². The Balaban J connectivity index is 1.78. The maximum atomic E-state index is 12.8. The summed E-state index contributed by atoms with van der Waals surface area (Å²) in [6.45, 7) is 5.54. The van der Waals surface area contributed by atoms with Crippen LogP contribution >= 0.6 is 0 Å². The molecule has 1 amide bonds. The third-order valence-electron chi connectivity index (χ3n) is 4.97. The lowest BCUT2D eigenvalue weighted by molar-refractivity contribution is -0.128. The van der Waals surface area contributed by atoms with Gasteiger partial charge in [0.05, 0.1) is 24.0 Å². The molecule has 0 unspecified atom stereocenters. The number of fused-ring (bicyclic) bond motifs is 1. The third kappa shape index (κ3) is 4.14. The molecule has 1 aliphatic rings. The highest BCUT2D eigenvalue weighted by atomic mass is 32.2. The summed E-state index contributed by atoms with van der Waals surface area (Å²) in [5, 5.41) is 2.94. The first-order valence-electron chi connectivity index (χ1n) is 9.51. The van der Waals surface area contributed by atoms with Gasteiger partial charge >= 0.3 is 0 Å². The van der Waals surface area contributed by atoms with Gasteiger partial charge in [0.25, 0.3) is 5.91 Å². The van der Waals surface area contributed by atoms with E-state index in [2.05, 4.69) is 12.2 Å². The van der Waals surface area contributed by atoms with Crippen molar-refractivity contribution < 1.29 is 17.9 Å². The van der Waals surface area contributed by atoms with Crippen molar-refractivity contribution in [3.63, 3.8) is 0 Å². The fraction of sp³-hybridized carbons (Fsp3) is 0.381. The number of ether oxygens (including phenoxy) is 1. The molecule has 6 nitrogen and oxygen atoms in total. The molecule has 0 aliphatic carbocycles. The number of anilines is 1. The molecule has 2 atom stereocenters. The van der Waals surface area contributed by atoms with Crippen LogP contribution in [0.4, 0.5) is 5.69 Å². The van der Waals surface area contributed by atoms with Crippen molar-refractivity contribution in [2.24, 2.45) is 0 Å². The summed E-state index contributed by atoms with van der Waals surface area (Å²) < 4.78 is 32.1. The molecule has 0 saturated heterocycles. The Morgan fingerprint density at radius 3 is 2.50 bits per heavy atom. The normalized spacial score (nSPS) is 17.4. The van der Waals surface area contributed by atoms with Gasteiger partial charge in [-0.25, -0.2) is 8.42 Å². The number of aryl methyl sites for hydroxylation is 1. The number of nitrogens with zero attached hydrogens (tertiary/aromatic N) is 1. The van der Waals surface area contributed by atoms with E-state index in [4.69, 9.17) is 4.74 Å². The van der Waals surface area contributed by atoms with Gasteiger partial charge in [0.15, 0.2) is 6.10 Å². The molecule has 1 aliphatic heterocycles. The molecular formula is C21H26N2O4S. The summed E-state index contributed by atoms with van der Waals surface area (Å²) in [5.41, 5.74) is 2.69. The van der Waals surface area contributed by atoms with E-state index < -0.39 is 16.1 Å². The molecule has 150 valence electrons. The van der Waals surface area contributed by atoms with Crippen molar-refractivity contribution in [3.05, 3.63) is 59.7 Å². The van der Waals surface area contributed by atoms with Crippen molar-refractivity contribution in [2.75, 3.05) is 16.6 Å². The molecule has 0 aromatic heterocycles. The number of para-hydroxylation sites is 2. The Hall–Kier alpha value is -2.54. The molecule has 2 aromatic carbocycles. The number of sulfonamides is 1. The predicted molar refractivity (Wildman–Crippen MR) is 110 cm³/mol. The second-order valence-corrected chi connectivity index (χ2v) is 9.01. The number of carbonyl (C=O) groups excluding carboxylic acids is 1. The third-order valence-corrected chi connectivity index (χ3v) is 6.72. The topological polar surface area (TPSA) is 75.7 Å². The number of hydrogen-bond acceptors (Lipinski definition) is 4.